The van der Waals surface area contributed by atoms with Crippen LogP contribution in [0.15, 0.2) is 30.5 Å². The van der Waals surface area contributed by atoms with E-state index in [0.29, 0.717) is 18.9 Å². The molecule has 4 rings (SSSR count). The van der Waals surface area contributed by atoms with Gasteiger partial charge >= 0.3 is 0 Å². The third-order valence-corrected chi connectivity index (χ3v) is 5.28. The second kappa shape index (κ2) is 6.96. The molecule has 1 unspecified atom stereocenters. The maximum atomic E-state index is 5.50. The molecule has 1 atom stereocenters. The summed E-state index contributed by atoms with van der Waals surface area (Å²) in [7, 11) is 2.02. The summed E-state index contributed by atoms with van der Waals surface area (Å²) >= 11 is 0. The summed E-state index contributed by atoms with van der Waals surface area (Å²) in [4.78, 5) is 2.44. The zero-order valence-corrected chi connectivity index (χ0v) is 14.9. The Bertz CT molecular complexity index is 722. The van der Waals surface area contributed by atoms with Crippen molar-refractivity contribution in [3.05, 3.63) is 36.2 Å². The molecule has 0 spiro atoms. The minimum absolute atomic E-state index is 0.331. The van der Waals surface area contributed by atoms with Crippen molar-refractivity contribution in [1.82, 2.24) is 15.1 Å². The van der Waals surface area contributed by atoms with Gasteiger partial charge in [-0.1, -0.05) is 6.92 Å². The zero-order valence-electron chi connectivity index (χ0n) is 14.9. The van der Waals surface area contributed by atoms with E-state index >= 15 is 0 Å². The van der Waals surface area contributed by atoms with Gasteiger partial charge in [0.05, 0.1) is 5.69 Å². The molecule has 1 aromatic heterocycles. The average molecular weight is 342 g/mol. The molecule has 0 aliphatic carbocycles. The lowest BCUT2D eigenvalue weighted by Crippen LogP contribution is -2.44. The molecule has 0 radical (unpaired) electrons. The lowest BCUT2D eigenvalue weighted by Gasteiger charge is -2.35. The van der Waals surface area contributed by atoms with Crippen LogP contribution in [-0.4, -0.2) is 35.7 Å². The molecule has 2 aliphatic heterocycles. The van der Waals surface area contributed by atoms with Gasteiger partial charge in [0.1, 0.15) is 0 Å². The first-order valence-electron chi connectivity index (χ1n) is 9.13. The van der Waals surface area contributed by atoms with Gasteiger partial charge in [0.25, 0.3) is 0 Å². The van der Waals surface area contributed by atoms with Gasteiger partial charge in [-0.2, -0.15) is 5.10 Å². The number of benzene rings is 1. The summed E-state index contributed by atoms with van der Waals surface area (Å²) in [6.07, 6.45) is 5.23. The van der Waals surface area contributed by atoms with E-state index in [0.717, 1.165) is 43.9 Å². The second-order valence-electron chi connectivity index (χ2n) is 6.81. The largest absolute Gasteiger partial charge is 0.454 e. The number of aromatic nitrogens is 2. The molecule has 1 saturated heterocycles. The maximum Gasteiger partial charge on any atom is 0.231 e. The Hall–Kier alpha value is -2.21. The fourth-order valence-corrected chi connectivity index (χ4v) is 3.81. The fraction of sp³-hybridized carbons (Fsp3) is 0.526. The lowest BCUT2D eigenvalue weighted by atomic mass is 10.0. The van der Waals surface area contributed by atoms with Crippen LogP contribution < -0.4 is 19.7 Å². The summed E-state index contributed by atoms with van der Waals surface area (Å²) in [6.45, 7) is 4.67. The van der Waals surface area contributed by atoms with Crippen molar-refractivity contribution in [2.45, 2.75) is 38.3 Å². The Kier molecular flexibility index (Phi) is 4.53. The van der Waals surface area contributed by atoms with Crippen LogP contribution in [0.3, 0.4) is 0 Å². The average Bonchev–Trinajstić information content (AvgIpc) is 3.28. The summed E-state index contributed by atoms with van der Waals surface area (Å²) in [6, 6.07) is 9.27. The molecular weight excluding hydrogens is 316 g/mol. The van der Waals surface area contributed by atoms with Gasteiger partial charge in [0.2, 0.25) is 6.79 Å². The number of piperidine rings is 1. The first-order chi connectivity index (χ1) is 12.2. The molecular formula is C19H26N4O2. The highest BCUT2D eigenvalue weighted by atomic mass is 16.7. The van der Waals surface area contributed by atoms with Gasteiger partial charge < -0.3 is 19.7 Å². The van der Waals surface area contributed by atoms with Crippen LogP contribution >= 0.6 is 0 Å². The molecule has 3 heterocycles. The highest BCUT2D eigenvalue weighted by molar-refractivity contribution is 5.57. The van der Waals surface area contributed by atoms with Gasteiger partial charge in [0.15, 0.2) is 11.5 Å². The lowest BCUT2D eigenvalue weighted by molar-refractivity contribution is 0.174. The Morgan fingerprint density at radius 2 is 2.00 bits per heavy atom. The van der Waals surface area contributed by atoms with E-state index in [-0.39, 0.29) is 0 Å². The monoisotopic (exact) mass is 342 g/mol. The molecule has 1 fully saturated rings. The van der Waals surface area contributed by atoms with Crippen LogP contribution in [0.25, 0.3) is 0 Å². The number of hydrogen-bond donors (Lipinski definition) is 1. The van der Waals surface area contributed by atoms with Gasteiger partial charge in [-0.05, 0) is 37.5 Å². The molecule has 0 amide bonds. The number of ether oxygens (including phenoxy) is 2. The van der Waals surface area contributed by atoms with Crippen LogP contribution in [0, 0.1) is 0 Å². The van der Waals surface area contributed by atoms with Crippen LogP contribution in [0.2, 0.25) is 0 Å². The van der Waals surface area contributed by atoms with Crippen molar-refractivity contribution in [2.75, 3.05) is 24.8 Å². The first kappa shape index (κ1) is 16.3. The van der Waals surface area contributed by atoms with Gasteiger partial charge in [-0.15, -0.1) is 0 Å². The standard InChI is InChI=1S/C19H26N4O2/c1-3-16(17-6-9-20-22(17)2)21-14-7-10-23(11-8-14)15-4-5-18-19(12-15)25-13-24-18/h4-6,9,12,14,16,21H,3,7-8,10-11,13H2,1-2H3. The van der Waals surface area contributed by atoms with Gasteiger partial charge in [-0.3, -0.25) is 4.68 Å². The van der Waals surface area contributed by atoms with E-state index in [2.05, 4.69) is 40.4 Å². The van der Waals surface area contributed by atoms with E-state index in [9.17, 15) is 0 Å². The normalized spacial score (nSPS) is 18.6. The Labute approximate surface area is 148 Å². The van der Waals surface area contributed by atoms with Crippen molar-refractivity contribution < 1.29 is 9.47 Å². The predicted molar refractivity (Wildman–Crippen MR) is 97.2 cm³/mol. The molecule has 2 aliphatic rings. The summed E-state index contributed by atoms with van der Waals surface area (Å²) < 4.78 is 12.9. The van der Waals surface area contributed by atoms with Crippen LogP contribution in [0.4, 0.5) is 5.69 Å². The minimum atomic E-state index is 0.331. The Morgan fingerprint density at radius 1 is 1.20 bits per heavy atom. The van der Waals surface area contributed by atoms with E-state index in [4.69, 9.17) is 9.47 Å². The van der Waals surface area contributed by atoms with E-state index in [1.54, 1.807) is 0 Å². The smallest absolute Gasteiger partial charge is 0.231 e. The Morgan fingerprint density at radius 3 is 2.72 bits per heavy atom. The van der Waals surface area contributed by atoms with Gasteiger partial charge in [0, 0.05) is 50.2 Å². The molecule has 1 N–H and O–H groups in total. The van der Waals surface area contributed by atoms with Crippen LogP contribution in [0.1, 0.15) is 37.9 Å². The molecule has 6 nitrogen and oxygen atoms in total. The molecule has 0 bridgehead atoms. The number of nitrogens with zero attached hydrogens (tertiary/aromatic N) is 3. The van der Waals surface area contributed by atoms with Crippen molar-refractivity contribution in [3.8, 4) is 11.5 Å². The first-order valence-corrected chi connectivity index (χ1v) is 9.13. The van der Waals surface area contributed by atoms with E-state index in [1.807, 2.05) is 24.0 Å². The molecule has 0 saturated carbocycles. The number of nitrogens with one attached hydrogen (secondary N) is 1. The topological polar surface area (TPSA) is 51.6 Å². The molecule has 25 heavy (non-hydrogen) atoms. The number of aryl methyl sites for hydroxylation is 1. The molecule has 2 aromatic rings. The van der Waals surface area contributed by atoms with Crippen molar-refractivity contribution in [2.24, 2.45) is 7.05 Å². The van der Waals surface area contributed by atoms with Gasteiger partial charge in [-0.25, -0.2) is 0 Å². The third kappa shape index (κ3) is 3.31. The summed E-state index contributed by atoms with van der Waals surface area (Å²) in [5.41, 5.74) is 2.49. The highest BCUT2D eigenvalue weighted by Gasteiger charge is 2.24. The quantitative estimate of drug-likeness (QED) is 0.905. The SMILES string of the molecule is CCC(NC1CCN(c2ccc3c(c2)OCO3)CC1)c1ccnn1C. The molecule has 1 aromatic carbocycles. The van der Waals surface area contributed by atoms with E-state index in [1.165, 1.54) is 11.4 Å². The van der Waals surface area contributed by atoms with E-state index < -0.39 is 0 Å². The Balaban J connectivity index is 1.36. The maximum absolute atomic E-state index is 5.50. The van der Waals surface area contributed by atoms with Crippen LogP contribution in [-0.2, 0) is 7.05 Å². The summed E-state index contributed by atoms with van der Waals surface area (Å²) in [5, 5.41) is 8.14. The van der Waals surface area contributed by atoms with Crippen molar-refractivity contribution >= 4 is 5.69 Å². The number of hydrogen-bond acceptors (Lipinski definition) is 5. The number of rotatable bonds is 5. The van der Waals surface area contributed by atoms with Crippen LogP contribution in [0.5, 0.6) is 11.5 Å². The minimum Gasteiger partial charge on any atom is -0.454 e. The molecule has 134 valence electrons. The summed E-state index contributed by atoms with van der Waals surface area (Å²) in [5.74, 6) is 1.71. The fourth-order valence-electron chi connectivity index (χ4n) is 3.81. The third-order valence-electron chi connectivity index (χ3n) is 5.28. The zero-order chi connectivity index (χ0) is 17.2. The number of fused-ring (bicyclic) bond motifs is 1. The highest BCUT2D eigenvalue weighted by Crippen LogP contribution is 2.36. The predicted octanol–water partition coefficient (Wildman–Crippen LogP) is 2.86. The van der Waals surface area contributed by atoms with Crippen molar-refractivity contribution in [1.29, 1.82) is 0 Å². The van der Waals surface area contributed by atoms with Crippen molar-refractivity contribution in [3.63, 3.8) is 0 Å². The number of anilines is 1. The molecule has 6 heteroatoms. The second-order valence-corrected chi connectivity index (χ2v) is 6.81.